The van der Waals surface area contributed by atoms with Gasteiger partial charge in [-0.2, -0.15) is 0 Å². The lowest BCUT2D eigenvalue weighted by Gasteiger charge is -2.58. The van der Waals surface area contributed by atoms with Crippen molar-refractivity contribution in [3.05, 3.63) is 47.8 Å². The zero-order valence-electron chi connectivity index (χ0n) is 18.3. The van der Waals surface area contributed by atoms with E-state index >= 15 is 0 Å². The number of allylic oxidation sites excluding steroid dienone is 4. The van der Waals surface area contributed by atoms with Crippen molar-refractivity contribution >= 4 is 6.29 Å². The molecule has 4 rings (SSSR count). The van der Waals surface area contributed by atoms with Crippen molar-refractivity contribution in [2.24, 2.45) is 28.6 Å². The van der Waals surface area contributed by atoms with Gasteiger partial charge in [-0.15, -0.1) is 0 Å². The number of aldehydes is 1. The molecule has 2 saturated carbocycles. The van der Waals surface area contributed by atoms with E-state index in [9.17, 15) is 9.90 Å². The number of hydrogen-bond donors (Lipinski definition) is 1. The van der Waals surface area contributed by atoms with Crippen LogP contribution in [-0.4, -0.2) is 23.6 Å². The summed E-state index contributed by atoms with van der Waals surface area (Å²) in [6.07, 6.45) is 11.7. The molecule has 0 radical (unpaired) electrons. The Morgan fingerprint density at radius 2 is 2.07 bits per heavy atom. The molecule has 1 N–H and O–H groups in total. The van der Waals surface area contributed by atoms with E-state index in [1.807, 2.05) is 6.92 Å². The summed E-state index contributed by atoms with van der Waals surface area (Å²) in [6.45, 7) is 16.1. The number of rotatable bonds is 5. The molecule has 3 heteroatoms. The Morgan fingerprint density at radius 3 is 2.76 bits per heavy atom. The van der Waals surface area contributed by atoms with E-state index < -0.39 is 5.60 Å². The number of hydrogen-bond acceptors (Lipinski definition) is 3. The molecular weight excluding hydrogens is 360 g/mol. The second kappa shape index (κ2) is 6.97. The van der Waals surface area contributed by atoms with Crippen LogP contribution in [0.25, 0.3) is 0 Å². The zero-order chi connectivity index (χ0) is 21.0. The van der Waals surface area contributed by atoms with Crippen molar-refractivity contribution in [3.8, 4) is 0 Å². The Morgan fingerprint density at radius 1 is 1.31 bits per heavy atom. The van der Waals surface area contributed by atoms with Crippen LogP contribution in [0.15, 0.2) is 47.8 Å². The monoisotopic (exact) mass is 396 g/mol. The molecule has 2 fully saturated rings. The molecule has 0 aromatic heterocycles. The first-order valence-electron chi connectivity index (χ1n) is 11.3. The summed E-state index contributed by atoms with van der Waals surface area (Å²) in [5.74, 6) is 2.41. The van der Waals surface area contributed by atoms with Crippen LogP contribution in [0.5, 0.6) is 0 Å². The second-order valence-corrected chi connectivity index (χ2v) is 10.1. The van der Waals surface area contributed by atoms with Gasteiger partial charge in [-0.25, -0.2) is 0 Å². The van der Waals surface area contributed by atoms with Crippen LogP contribution in [0.2, 0.25) is 0 Å². The maximum atomic E-state index is 11.7. The van der Waals surface area contributed by atoms with Crippen molar-refractivity contribution in [1.82, 2.24) is 0 Å². The van der Waals surface area contributed by atoms with Gasteiger partial charge in [0.25, 0.3) is 0 Å². The highest BCUT2D eigenvalue weighted by Crippen LogP contribution is 2.69. The van der Waals surface area contributed by atoms with Crippen LogP contribution in [0.1, 0.15) is 65.7 Å². The molecule has 29 heavy (non-hydrogen) atoms. The van der Waals surface area contributed by atoms with E-state index in [-0.39, 0.29) is 16.7 Å². The average molecular weight is 397 g/mol. The summed E-state index contributed by atoms with van der Waals surface area (Å²) in [7, 11) is 0. The van der Waals surface area contributed by atoms with Gasteiger partial charge in [-0.3, -0.25) is 0 Å². The zero-order valence-corrected chi connectivity index (χ0v) is 18.3. The Bertz CT molecular complexity index is 805. The minimum absolute atomic E-state index is 0.163. The molecule has 3 nitrogen and oxygen atoms in total. The Labute approximate surface area is 175 Å². The van der Waals surface area contributed by atoms with Crippen molar-refractivity contribution in [2.45, 2.75) is 71.3 Å². The van der Waals surface area contributed by atoms with E-state index in [1.54, 1.807) is 0 Å². The number of aliphatic hydroxyl groups is 1. The second-order valence-electron chi connectivity index (χ2n) is 10.1. The highest BCUT2D eigenvalue weighted by atomic mass is 16.5. The van der Waals surface area contributed by atoms with Gasteiger partial charge in [0, 0.05) is 18.3 Å². The Balaban J connectivity index is 1.71. The number of fused-ring (bicyclic) bond motifs is 5. The predicted molar refractivity (Wildman–Crippen MR) is 116 cm³/mol. The molecular formula is C26H36O3. The molecule has 4 aliphatic rings. The molecule has 0 heterocycles. The Kier molecular flexibility index (Phi) is 4.97. The quantitative estimate of drug-likeness (QED) is 0.622. The third-order valence-corrected chi connectivity index (χ3v) is 9.06. The fourth-order valence-corrected chi connectivity index (χ4v) is 7.42. The normalized spacial score (nSPS) is 43.7. The van der Waals surface area contributed by atoms with Gasteiger partial charge in [0.2, 0.25) is 0 Å². The first-order valence-corrected chi connectivity index (χ1v) is 11.3. The van der Waals surface area contributed by atoms with E-state index in [4.69, 9.17) is 4.74 Å². The van der Waals surface area contributed by atoms with Crippen molar-refractivity contribution in [1.29, 1.82) is 0 Å². The summed E-state index contributed by atoms with van der Waals surface area (Å²) in [5.41, 5.74) is 2.10. The lowest BCUT2D eigenvalue weighted by molar-refractivity contribution is -0.119. The number of carbonyl (C=O) groups is 1. The minimum Gasteiger partial charge on any atom is -0.498 e. The van der Waals surface area contributed by atoms with E-state index in [1.165, 1.54) is 5.57 Å². The highest BCUT2D eigenvalue weighted by molar-refractivity contribution is 5.53. The minimum atomic E-state index is -1.01. The fourth-order valence-electron chi connectivity index (χ4n) is 7.42. The SMILES string of the molecule is C=C1C(=C)[C@](O)(CCC=O)[C@@]2(C)CC[C@H]3[C@@H](CC=C4C=C(OCC)CC[C@@]43C)[C@H]12. The molecule has 0 aromatic rings. The van der Waals surface area contributed by atoms with Gasteiger partial charge < -0.3 is 14.6 Å². The van der Waals surface area contributed by atoms with Crippen molar-refractivity contribution < 1.29 is 14.6 Å². The van der Waals surface area contributed by atoms with Gasteiger partial charge in [-0.1, -0.05) is 33.1 Å². The summed E-state index contributed by atoms with van der Waals surface area (Å²) < 4.78 is 5.83. The van der Waals surface area contributed by atoms with Crippen molar-refractivity contribution in [2.75, 3.05) is 6.61 Å². The van der Waals surface area contributed by atoms with E-state index in [0.29, 0.717) is 24.7 Å². The Hall–Kier alpha value is -1.61. The first-order chi connectivity index (χ1) is 13.7. The number of ether oxygens (including phenoxy) is 1. The van der Waals surface area contributed by atoms with Crippen LogP contribution in [-0.2, 0) is 9.53 Å². The summed E-state index contributed by atoms with van der Waals surface area (Å²) in [5, 5.41) is 11.7. The van der Waals surface area contributed by atoms with Gasteiger partial charge in [0.05, 0.1) is 18.0 Å². The van der Waals surface area contributed by atoms with Crippen LogP contribution in [0.4, 0.5) is 0 Å². The molecule has 0 aromatic carbocycles. The third kappa shape index (κ3) is 2.69. The molecule has 158 valence electrons. The van der Waals surface area contributed by atoms with Crippen molar-refractivity contribution in [3.63, 3.8) is 0 Å². The maximum Gasteiger partial charge on any atom is 0.120 e. The van der Waals surface area contributed by atoms with Gasteiger partial charge in [-0.05, 0) is 85.0 Å². The number of carbonyl (C=O) groups excluding carboxylic acids is 1. The van der Waals surface area contributed by atoms with Crippen LogP contribution >= 0.6 is 0 Å². The summed E-state index contributed by atoms with van der Waals surface area (Å²) >= 11 is 0. The third-order valence-electron chi connectivity index (χ3n) is 9.06. The summed E-state index contributed by atoms with van der Waals surface area (Å²) in [6, 6.07) is 0. The molecule has 4 aliphatic carbocycles. The fraction of sp³-hybridized carbons (Fsp3) is 0.654. The van der Waals surface area contributed by atoms with Crippen LogP contribution in [0, 0.1) is 28.6 Å². The molecule has 6 atom stereocenters. The molecule has 0 amide bonds. The van der Waals surface area contributed by atoms with E-state index in [0.717, 1.165) is 61.9 Å². The molecule has 0 spiro atoms. The van der Waals surface area contributed by atoms with Gasteiger partial charge in [0.15, 0.2) is 0 Å². The predicted octanol–water partition coefficient (Wildman–Crippen LogP) is 5.52. The molecule has 0 aliphatic heterocycles. The van der Waals surface area contributed by atoms with Gasteiger partial charge in [0.1, 0.15) is 6.29 Å². The summed E-state index contributed by atoms with van der Waals surface area (Å²) in [4.78, 5) is 11.1. The standard InChI is InChI=1S/C26H36O3/c1-6-29-20-10-13-24(4)19(16-20)8-9-21-22(24)11-14-25(5)23(21)17(2)18(3)26(25,28)12-7-15-27/h8,15-16,21-23,28H,2-3,6-7,9-14H2,1,4-5H3/t21-,22+,23+,24+,25+,26-/m1/s1. The average Bonchev–Trinajstić information content (AvgIpc) is 2.85. The van der Waals surface area contributed by atoms with Crippen LogP contribution in [0.3, 0.4) is 0 Å². The maximum absolute atomic E-state index is 11.7. The van der Waals surface area contributed by atoms with Gasteiger partial charge >= 0.3 is 0 Å². The largest absolute Gasteiger partial charge is 0.498 e. The smallest absolute Gasteiger partial charge is 0.120 e. The lowest BCUT2D eigenvalue weighted by atomic mass is 9.47. The molecule has 0 bridgehead atoms. The topological polar surface area (TPSA) is 46.5 Å². The first kappa shape index (κ1) is 20.7. The lowest BCUT2D eigenvalue weighted by Crippen LogP contribution is -2.54. The van der Waals surface area contributed by atoms with E-state index in [2.05, 4.69) is 39.2 Å². The molecule has 0 unspecified atom stereocenters. The highest BCUT2D eigenvalue weighted by Gasteiger charge is 2.66. The van der Waals surface area contributed by atoms with Crippen LogP contribution < -0.4 is 0 Å². The molecule has 0 saturated heterocycles.